The van der Waals surface area contributed by atoms with E-state index < -0.39 is 0 Å². The highest BCUT2D eigenvalue weighted by molar-refractivity contribution is 14.1. The molecule has 1 aromatic rings. The highest BCUT2D eigenvalue weighted by atomic mass is 127. The van der Waals surface area contributed by atoms with E-state index in [1.54, 1.807) is 6.07 Å². The number of rotatable bonds is 3. The summed E-state index contributed by atoms with van der Waals surface area (Å²) in [5.41, 5.74) is 0.983. The maximum Gasteiger partial charge on any atom is 0.165 e. The van der Waals surface area contributed by atoms with Crippen LogP contribution < -0.4 is 4.74 Å². The third-order valence-corrected chi connectivity index (χ3v) is 2.33. The monoisotopic (exact) mass is 280 g/mol. The van der Waals surface area contributed by atoms with Crippen molar-refractivity contribution in [1.82, 2.24) is 0 Å². The molecule has 66 valence electrons. The van der Waals surface area contributed by atoms with Crippen LogP contribution in [0, 0.1) is 5.82 Å². The zero-order valence-electron chi connectivity index (χ0n) is 6.81. The molecule has 3 heteroatoms. The van der Waals surface area contributed by atoms with Crippen molar-refractivity contribution < 1.29 is 9.13 Å². The zero-order valence-corrected chi connectivity index (χ0v) is 8.97. The maximum absolute atomic E-state index is 13.1. The van der Waals surface area contributed by atoms with Crippen LogP contribution in [-0.4, -0.2) is 6.61 Å². The smallest absolute Gasteiger partial charge is 0.165 e. The molecule has 0 aromatic heterocycles. The summed E-state index contributed by atoms with van der Waals surface area (Å²) in [5, 5.41) is 0. The van der Waals surface area contributed by atoms with E-state index in [1.165, 1.54) is 6.07 Å². The Balaban J connectivity index is 2.87. The molecule has 0 aliphatic rings. The number of benzene rings is 1. The fourth-order valence-corrected chi connectivity index (χ4v) is 1.37. The molecule has 1 aromatic carbocycles. The highest BCUT2D eigenvalue weighted by Crippen LogP contribution is 2.19. The number of alkyl halides is 1. The van der Waals surface area contributed by atoms with E-state index in [1.807, 2.05) is 13.0 Å². The van der Waals surface area contributed by atoms with Crippen molar-refractivity contribution >= 4 is 22.6 Å². The van der Waals surface area contributed by atoms with Gasteiger partial charge in [-0.1, -0.05) is 28.7 Å². The molecule has 0 fully saturated rings. The molecule has 0 unspecified atom stereocenters. The Morgan fingerprint density at radius 2 is 2.25 bits per heavy atom. The van der Waals surface area contributed by atoms with Crippen molar-refractivity contribution in [2.24, 2.45) is 0 Å². The van der Waals surface area contributed by atoms with Gasteiger partial charge in [-0.3, -0.25) is 0 Å². The molecule has 1 nitrogen and oxygen atoms in total. The van der Waals surface area contributed by atoms with E-state index in [-0.39, 0.29) is 5.82 Å². The molecule has 0 bridgehead atoms. The SMILES string of the molecule is CCOc1ccc(CI)cc1F. The van der Waals surface area contributed by atoms with Gasteiger partial charge in [0.25, 0.3) is 0 Å². The van der Waals surface area contributed by atoms with Crippen molar-refractivity contribution in [2.45, 2.75) is 11.4 Å². The molecule has 0 amide bonds. The Kier molecular flexibility index (Phi) is 3.78. The lowest BCUT2D eigenvalue weighted by molar-refractivity contribution is 0.321. The third kappa shape index (κ3) is 2.33. The Morgan fingerprint density at radius 3 is 2.75 bits per heavy atom. The van der Waals surface area contributed by atoms with E-state index in [0.29, 0.717) is 12.4 Å². The van der Waals surface area contributed by atoms with Gasteiger partial charge in [-0.05, 0) is 24.6 Å². The van der Waals surface area contributed by atoms with Gasteiger partial charge in [0.05, 0.1) is 6.61 Å². The third-order valence-electron chi connectivity index (χ3n) is 1.45. The topological polar surface area (TPSA) is 9.23 Å². The summed E-state index contributed by atoms with van der Waals surface area (Å²) in [7, 11) is 0. The summed E-state index contributed by atoms with van der Waals surface area (Å²) in [6.45, 7) is 2.34. The van der Waals surface area contributed by atoms with Gasteiger partial charge in [0.1, 0.15) is 0 Å². The molecule has 0 saturated carbocycles. The van der Waals surface area contributed by atoms with Crippen LogP contribution in [0.15, 0.2) is 18.2 Å². The van der Waals surface area contributed by atoms with Crippen LogP contribution >= 0.6 is 22.6 Å². The summed E-state index contributed by atoms with van der Waals surface area (Å²) in [5.74, 6) is 0.0668. The summed E-state index contributed by atoms with van der Waals surface area (Å²) < 4.78 is 19.0. The van der Waals surface area contributed by atoms with E-state index in [4.69, 9.17) is 4.74 Å². The lowest BCUT2D eigenvalue weighted by Crippen LogP contribution is -1.94. The Bertz CT molecular complexity index is 263. The Labute approximate surface area is 85.1 Å². The molecule has 1 rings (SSSR count). The normalized spacial score (nSPS) is 9.92. The molecule has 0 heterocycles. The van der Waals surface area contributed by atoms with E-state index in [0.717, 1.165) is 9.99 Å². The fraction of sp³-hybridized carbons (Fsp3) is 0.333. The maximum atomic E-state index is 13.1. The molecule has 0 atom stereocenters. The highest BCUT2D eigenvalue weighted by Gasteiger charge is 2.02. The van der Waals surface area contributed by atoms with Gasteiger partial charge in [-0.2, -0.15) is 0 Å². The minimum Gasteiger partial charge on any atom is -0.491 e. The second-order valence-electron chi connectivity index (χ2n) is 2.33. The van der Waals surface area contributed by atoms with Crippen molar-refractivity contribution in [3.8, 4) is 5.75 Å². The van der Waals surface area contributed by atoms with Gasteiger partial charge >= 0.3 is 0 Å². The van der Waals surface area contributed by atoms with Crippen LogP contribution in [0.3, 0.4) is 0 Å². The largest absolute Gasteiger partial charge is 0.491 e. The standard InChI is InChI=1S/C9H10FIO/c1-2-12-9-4-3-7(6-11)5-8(9)10/h3-5H,2,6H2,1H3. The lowest BCUT2D eigenvalue weighted by atomic mass is 10.2. The summed E-state index contributed by atoms with van der Waals surface area (Å²) in [4.78, 5) is 0. The number of halogens is 2. The lowest BCUT2D eigenvalue weighted by Gasteiger charge is -2.04. The second kappa shape index (κ2) is 4.64. The van der Waals surface area contributed by atoms with Crippen LogP contribution in [-0.2, 0) is 4.43 Å². The Morgan fingerprint density at radius 1 is 1.50 bits per heavy atom. The number of hydrogen-bond donors (Lipinski definition) is 0. The predicted molar refractivity (Wildman–Crippen MR) is 55.3 cm³/mol. The summed E-state index contributed by atoms with van der Waals surface area (Å²) in [6.07, 6.45) is 0. The second-order valence-corrected chi connectivity index (χ2v) is 3.09. The van der Waals surface area contributed by atoms with E-state index in [2.05, 4.69) is 22.6 Å². The van der Waals surface area contributed by atoms with Crippen molar-refractivity contribution in [1.29, 1.82) is 0 Å². The van der Waals surface area contributed by atoms with Crippen LogP contribution in [0.5, 0.6) is 5.75 Å². The number of hydrogen-bond acceptors (Lipinski definition) is 1. The first-order valence-electron chi connectivity index (χ1n) is 3.75. The first-order valence-corrected chi connectivity index (χ1v) is 5.27. The summed E-state index contributed by atoms with van der Waals surface area (Å²) >= 11 is 2.20. The molecule has 0 spiro atoms. The van der Waals surface area contributed by atoms with Gasteiger partial charge in [-0.15, -0.1) is 0 Å². The minimum atomic E-state index is -0.272. The van der Waals surface area contributed by atoms with Gasteiger partial charge < -0.3 is 4.74 Å². The van der Waals surface area contributed by atoms with Crippen LogP contribution in [0.25, 0.3) is 0 Å². The van der Waals surface area contributed by atoms with Gasteiger partial charge in [-0.25, -0.2) is 4.39 Å². The van der Waals surface area contributed by atoms with Gasteiger partial charge in [0.15, 0.2) is 11.6 Å². The average molecular weight is 280 g/mol. The fourth-order valence-electron chi connectivity index (χ4n) is 0.900. The van der Waals surface area contributed by atoms with Crippen molar-refractivity contribution in [2.75, 3.05) is 6.61 Å². The van der Waals surface area contributed by atoms with E-state index >= 15 is 0 Å². The first kappa shape index (κ1) is 9.77. The van der Waals surface area contributed by atoms with Crippen molar-refractivity contribution in [3.63, 3.8) is 0 Å². The minimum absolute atomic E-state index is 0.272. The van der Waals surface area contributed by atoms with Gasteiger partial charge in [0.2, 0.25) is 0 Å². The van der Waals surface area contributed by atoms with Gasteiger partial charge in [0, 0.05) is 4.43 Å². The molecule has 0 aliphatic carbocycles. The molecular weight excluding hydrogens is 270 g/mol. The predicted octanol–water partition coefficient (Wildman–Crippen LogP) is 3.16. The molecule has 0 radical (unpaired) electrons. The first-order chi connectivity index (χ1) is 5.77. The molecule has 0 N–H and O–H groups in total. The van der Waals surface area contributed by atoms with Crippen molar-refractivity contribution in [3.05, 3.63) is 29.6 Å². The van der Waals surface area contributed by atoms with E-state index in [9.17, 15) is 4.39 Å². The zero-order chi connectivity index (χ0) is 8.97. The molecular formula is C9H10FIO. The summed E-state index contributed by atoms with van der Waals surface area (Å²) in [6, 6.07) is 5.06. The van der Waals surface area contributed by atoms with Crippen LogP contribution in [0.2, 0.25) is 0 Å². The average Bonchev–Trinajstić information content (AvgIpc) is 2.09. The molecule has 12 heavy (non-hydrogen) atoms. The van der Waals surface area contributed by atoms with Crippen LogP contribution in [0.4, 0.5) is 4.39 Å². The Hall–Kier alpha value is -0.320. The molecule has 0 aliphatic heterocycles. The number of ether oxygens (including phenoxy) is 1. The van der Waals surface area contributed by atoms with Crippen LogP contribution in [0.1, 0.15) is 12.5 Å². The molecule has 0 saturated heterocycles. The quantitative estimate of drug-likeness (QED) is 0.610.